The number of piperazine rings is 1. The highest BCUT2D eigenvalue weighted by Crippen LogP contribution is 2.27. The molecule has 1 saturated carbocycles. The van der Waals surface area contributed by atoms with Crippen molar-refractivity contribution in [1.82, 2.24) is 10.2 Å². The molecule has 2 unspecified atom stereocenters. The molecule has 2 atom stereocenters. The van der Waals surface area contributed by atoms with E-state index in [0.717, 1.165) is 18.0 Å². The van der Waals surface area contributed by atoms with Crippen molar-refractivity contribution >= 4 is 0 Å². The van der Waals surface area contributed by atoms with Gasteiger partial charge in [-0.2, -0.15) is 0 Å². The molecule has 2 rings (SSSR count). The first-order valence-corrected chi connectivity index (χ1v) is 8.30. The van der Waals surface area contributed by atoms with E-state index in [1.165, 1.54) is 71.0 Å². The minimum atomic E-state index is 0.735. The summed E-state index contributed by atoms with van der Waals surface area (Å²) in [4.78, 5) is 2.78. The second-order valence-electron chi connectivity index (χ2n) is 6.36. The number of nitrogens with zero attached hydrogens (tertiary/aromatic N) is 1. The molecule has 106 valence electrons. The monoisotopic (exact) mass is 252 g/mol. The second-order valence-corrected chi connectivity index (χ2v) is 6.36. The Labute approximate surface area is 114 Å². The van der Waals surface area contributed by atoms with Crippen LogP contribution in [0.4, 0.5) is 0 Å². The van der Waals surface area contributed by atoms with Crippen molar-refractivity contribution in [2.24, 2.45) is 5.92 Å². The molecule has 2 nitrogen and oxygen atoms in total. The van der Waals surface area contributed by atoms with Crippen molar-refractivity contribution in [3.63, 3.8) is 0 Å². The molecule has 1 saturated heterocycles. The van der Waals surface area contributed by atoms with Gasteiger partial charge in [0.1, 0.15) is 0 Å². The van der Waals surface area contributed by atoms with E-state index in [2.05, 4.69) is 24.1 Å². The Bertz CT molecular complexity index is 223. The van der Waals surface area contributed by atoms with Gasteiger partial charge in [0.15, 0.2) is 0 Å². The zero-order valence-electron chi connectivity index (χ0n) is 12.5. The fourth-order valence-corrected chi connectivity index (χ4v) is 3.70. The van der Waals surface area contributed by atoms with E-state index < -0.39 is 0 Å². The van der Waals surface area contributed by atoms with Crippen LogP contribution in [0.3, 0.4) is 0 Å². The Morgan fingerprint density at radius 1 is 1.06 bits per heavy atom. The minimum absolute atomic E-state index is 0.735. The topological polar surface area (TPSA) is 15.3 Å². The van der Waals surface area contributed by atoms with Crippen LogP contribution in [-0.2, 0) is 0 Å². The maximum atomic E-state index is 3.70. The summed E-state index contributed by atoms with van der Waals surface area (Å²) < 4.78 is 0. The molecule has 18 heavy (non-hydrogen) atoms. The van der Waals surface area contributed by atoms with Crippen molar-refractivity contribution in [1.29, 1.82) is 0 Å². The first kappa shape index (κ1) is 14.3. The van der Waals surface area contributed by atoms with Gasteiger partial charge in [0.05, 0.1) is 0 Å². The maximum absolute atomic E-state index is 3.70. The summed E-state index contributed by atoms with van der Waals surface area (Å²) in [5.74, 6) is 1.03. The Morgan fingerprint density at radius 3 is 2.50 bits per heavy atom. The van der Waals surface area contributed by atoms with Crippen LogP contribution in [0.5, 0.6) is 0 Å². The summed E-state index contributed by atoms with van der Waals surface area (Å²) in [5, 5.41) is 3.70. The maximum Gasteiger partial charge on any atom is 0.0218 e. The van der Waals surface area contributed by atoms with Crippen LogP contribution in [0.25, 0.3) is 0 Å². The van der Waals surface area contributed by atoms with Crippen LogP contribution in [0.2, 0.25) is 0 Å². The third-order valence-corrected chi connectivity index (χ3v) is 5.13. The van der Waals surface area contributed by atoms with E-state index in [0.29, 0.717) is 0 Å². The summed E-state index contributed by atoms with van der Waals surface area (Å²) in [6, 6.07) is 1.52. The highest BCUT2D eigenvalue weighted by Gasteiger charge is 2.26. The van der Waals surface area contributed by atoms with Crippen molar-refractivity contribution in [3.05, 3.63) is 0 Å². The molecule has 0 amide bonds. The SMILES string of the molecule is CCC1CN(CCC2CCCCC2)C(CC)CN1. The Kier molecular flexibility index (Phi) is 5.97. The Balaban J connectivity index is 1.76. The van der Waals surface area contributed by atoms with Crippen molar-refractivity contribution in [2.45, 2.75) is 77.3 Å². The fourth-order valence-electron chi connectivity index (χ4n) is 3.70. The molecule has 2 aliphatic rings. The van der Waals surface area contributed by atoms with Crippen molar-refractivity contribution < 1.29 is 0 Å². The molecule has 0 aromatic rings. The first-order chi connectivity index (χ1) is 8.83. The molecule has 0 spiro atoms. The molecule has 0 radical (unpaired) electrons. The van der Waals surface area contributed by atoms with Crippen LogP contribution in [0, 0.1) is 5.92 Å². The lowest BCUT2D eigenvalue weighted by atomic mass is 9.86. The molecule has 1 aliphatic carbocycles. The smallest absolute Gasteiger partial charge is 0.0218 e. The van der Waals surface area contributed by atoms with Gasteiger partial charge in [-0.15, -0.1) is 0 Å². The quantitative estimate of drug-likeness (QED) is 0.806. The largest absolute Gasteiger partial charge is 0.311 e. The van der Waals surface area contributed by atoms with Gasteiger partial charge in [0, 0.05) is 25.2 Å². The molecule has 0 aromatic carbocycles. The Morgan fingerprint density at radius 2 is 1.83 bits per heavy atom. The molecular formula is C16H32N2. The van der Waals surface area contributed by atoms with E-state index in [1.807, 2.05) is 0 Å². The number of nitrogens with one attached hydrogen (secondary N) is 1. The van der Waals surface area contributed by atoms with Gasteiger partial charge < -0.3 is 5.32 Å². The third kappa shape index (κ3) is 3.96. The van der Waals surface area contributed by atoms with Crippen molar-refractivity contribution in [2.75, 3.05) is 19.6 Å². The molecule has 2 fully saturated rings. The number of rotatable bonds is 5. The highest BCUT2D eigenvalue weighted by molar-refractivity contribution is 4.85. The first-order valence-electron chi connectivity index (χ1n) is 8.30. The predicted octanol–water partition coefficient (Wildman–Crippen LogP) is 3.42. The van der Waals surface area contributed by atoms with Gasteiger partial charge in [-0.1, -0.05) is 46.0 Å². The standard InChI is InChI=1S/C16H32N2/c1-3-15-13-18(16(4-2)12-17-15)11-10-14-8-6-5-7-9-14/h14-17H,3-13H2,1-2H3. The van der Waals surface area contributed by atoms with Crippen LogP contribution >= 0.6 is 0 Å². The van der Waals surface area contributed by atoms with E-state index in [1.54, 1.807) is 0 Å². The zero-order chi connectivity index (χ0) is 12.8. The molecule has 1 heterocycles. The second kappa shape index (κ2) is 7.49. The molecular weight excluding hydrogens is 220 g/mol. The molecule has 0 bridgehead atoms. The number of hydrogen-bond acceptors (Lipinski definition) is 2. The average Bonchev–Trinajstić information content (AvgIpc) is 2.45. The average molecular weight is 252 g/mol. The molecule has 0 aromatic heterocycles. The summed E-state index contributed by atoms with van der Waals surface area (Å²) in [6.07, 6.45) is 11.5. The molecule has 1 N–H and O–H groups in total. The summed E-state index contributed by atoms with van der Waals surface area (Å²) >= 11 is 0. The van der Waals surface area contributed by atoms with E-state index >= 15 is 0 Å². The van der Waals surface area contributed by atoms with Gasteiger partial charge >= 0.3 is 0 Å². The van der Waals surface area contributed by atoms with Crippen LogP contribution < -0.4 is 5.32 Å². The van der Waals surface area contributed by atoms with Gasteiger partial charge in [0.2, 0.25) is 0 Å². The van der Waals surface area contributed by atoms with Gasteiger partial charge in [0.25, 0.3) is 0 Å². The van der Waals surface area contributed by atoms with Gasteiger partial charge in [-0.25, -0.2) is 0 Å². The third-order valence-electron chi connectivity index (χ3n) is 5.13. The van der Waals surface area contributed by atoms with Crippen LogP contribution in [0.15, 0.2) is 0 Å². The predicted molar refractivity (Wildman–Crippen MR) is 78.9 cm³/mol. The van der Waals surface area contributed by atoms with Crippen molar-refractivity contribution in [3.8, 4) is 0 Å². The lowest BCUT2D eigenvalue weighted by Crippen LogP contribution is -2.56. The Hall–Kier alpha value is -0.0800. The van der Waals surface area contributed by atoms with E-state index in [-0.39, 0.29) is 0 Å². The number of hydrogen-bond donors (Lipinski definition) is 1. The van der Waals surface area contributed by atoms with Crippen LogP contribution in [0.1, 0.15) is 65.2 Å². The zero-order valence-corrected chi connectivity index (χ0v) is 12.5. The highest BCUT2D eigenvalue weighted by atomic mass is 15.2. The lowest BCUT2D eigenvalue weighted by Gasteiger charge is -2.40. The lowest BCUT2D eigenvalue weighted by molar-refractivity contribution is 0.113. The summed E-state index contributed by atoms with van der Waals surface area (Å²) in [5.41, 5.74) is 0. The summed E-state index contributed by atoms with van der Waals surface area (Å²) in [7, 11) is 0. The normalized spacial score (nSPS) is 31.7. The van der Waals surface area contributed by atoms with E-state index in [9.17, 15) is 0 Å². The van der Waals surface area contributed by atoms with Crippen LogP contribution in [-0.4, -0.2) is 36.6 Å². The van der Waals surface area contributed by atoms with E-state index in [4.69, 9.17) is 0 Å². The minimum Gasteiger partial charge on any atom is -0.311 e. The summed E-state index contributed by atoms with van der Waals surface area (Å²) in [6.45, 7) is 8.48. The van der Waals surface area contributed by atoms with Gasteiger partial charge in [-0.3, -0.25) is 4.90 Å². The molecule has 2 heteroatoms. The fraction of sp³-hybridized carbons (Fsp3) is 1.00. The van der Waals surface area contributed by atoms with Gasteiger partial charge in [-0.05, 0) is 31.7 Å². The molecule has 1 aliphatic heterocycles.